The molecular weight excluding hydrogens is 258 g/mol. The van der Waals surface area contributed by atoms with Gasteiger partial charge in [-0.1, -0.05) is 0 Å². The van der Waals surface area contributed by atoms with Gasteiger partial charge in [0.15, 0.2) is 0 Å². The number of halogens is 1. The number of aromatic nitrogens is 1. The molecule has 1 amide bonds. The minimum absolute atomic E-state index is 0.0271. The van der Waals surface area contributed by atoms with Gasteiger partial charge in [-0.15, -0.1) is 22.9 Å². The van der Waals surface area contributed by atoms with Gasteiger partial charge < -0.3 is 10.2 Å². The number of rotatable bonds is 7. The molecule has 1 N–H and O–H groups in total. The Morgan fingerprint density at radius 1 is 1.59 bits per heavy atom. The zero-order valence-electron chi connectivity index (χ0n) is 10.2. The van der Waals surface area contributed by atoms with Gasteiger partial charge in [-0.2, -0.15) is 0 Å². The summed E-state index contributed by atoms with van der Waals surface area (Å²) in [5.41, 5.74) is 0.840. The van der Waals surface area contributed by atoms with E-state index in [-0.39, 0.29) is 5.91 Å². The summed E-state index contributed by atoms with van der Waals surface area (Å²) < 4.78 is 0. The summed E-state index contributed by atoms with van der Waals surface area (Å²) in [4.78, 5) is 17.9. The van der Waals surface area contributed by atoms with Gasteiger partial charge >= 0.3 is 0 Å². The molecule has 0 aliphatic heterocycles. The first-order valence-electron chi connectivity index (χ1n) is 5.52. The number of alkyl halides is 1. The van der Waals surface area contributed by atoms with Crippen molar-refractivity contribution in [2.45, 2.75) is 18.7 Å². The Labute approximate surface area is 111 Å². The zero-order valence-corrected chi connectivity index (χ0v) is 11.8. The van der Waals surface area contributed by atoms with Crippen molar-refractivity contribution in [3.8, 4) is 0 Å². The van der Waals surface area contributed by atoms with E-state index in [1.54, 1.807) is 0 Å². The van der Waals surface area contributed by atoms with Crippen LogP contribution in [0.15, 0.2) is 5.38 Å². The topological polar surface area (TPSA) is 45.2 Å². The molecule has 0 aliphatic carbocycles. The van der Waals surface area contributed by atoms with Crippen molar-refractivity contribution >= 4 is 28.8 Å². The third-order valence-electron chi connectivity index (χ3n) is 2.15. The van der Waals surface area contributed by atoms with E-state index >= 15 is 0 Å². The summed E-state index contributed by atoms with van der Waals surface area (Å²) >= 11 is 7.13. The fraction of sp³-hybridized carbons (Fsp3) is 0.636. The number of carbonyl (C=O) groups excluding carboxylic acids is 1. The molecule has 0 atom stereocenters. The van der Waals surface area contributed by atoms with Crippen LogP contribution in [0, 0.1) is 0 Å². The molecule has 0 aromatic carbocycles. The van der Waals surface area contributed by atoms with Gasteiger partial charge in [-0.05, 0) is 27.1 Å². The maximum atomic E-state index is 11.6. The third-order valence-corrected chi connectivity index (χ3v) is 3.32. The van der Waals surface area contributed by atoms with E-state index in [9.17, 15) is 4.79 Å². The Balaban J connectivity index is 2.20. The van der Waals surface area contributed by atoms with Crippen LogP contribution in [0.4, 0.5) is 0 Å². The molecule has 0 saturated heterocycles. The number of carbonyl (C=O) groups is 1. The standard InChI is InChI=1S/C11H18ClN3OS/c1-15(2)5-3-4-13-10(16)6-11-14-9(7-12)8-17-11/h8H,3-7H2,1-2H3,(H,13,16). The molecule has 1 rings (SSSR count). The quantitative estimate of drug-likeness (QED) is 0.606. The average molecular weight is 276 g/mol. The lowest BCUT2D eigenvalue weighted by molar-refractivity contribution is -0.120. The number of hydrogen-bond acceptors (Lipinski definition) is 4. The second-order valence-electron chi connectivity index (χ2n) is 4.05. The summed E-state index contributed by atoms with van der Waals surface area (Å²) in [7, 11) is 4.04. The van der Waals surface area contributed by atoms with E-state index in [4.69, 9.17) is 11.6 Å². The normalized spacial score (nSPS) is 10.8. The summed E-state index contributed by atoms with van der Waals surface area (Å²) in [5.74, 6) is 0.431. The molecular formula is C11H18ClN3OS. The van der Waals surface area contributed by atoms with Crippen molar-refractivity contribution in [1.29, 1.82) is 0 Å². The molecule has 0 radical (unpaired) electrons. The van der Waals surface area contributed by atoms with E-state index in [0.717, 1.165) is 23.7 Å². The summed E-state index contributed by atoms with van der Waals surface area (Å²) in [5, 5.41) is 5.60. The first-order chi connectivity index (χ1) is 8.11. The number of nitrogens with one attached hydrogen (secondary N) is 1. The minimum atomic E-state index is 0.0271. The zero-order chi connectivity index (χ0) is 12.7. The highest BCUT2D eigenvalue weighted by molar-refractivity contribution is 7.09. The molecule has 1 aromatic rings. The van der Waals surface area contributed by atoms with Crippen LogP contribution in [0.2, 0.25) is 0 Å². The highest BCUT2D eigenvalue weighted by atomic mass is 35.5. The van der Waals surface area contributed by atoms with Gasteiger partial charge in [0.2, 0.25) is 5.91 Å². The molecule has 0 fully saturated rings. The van der Waals surface area contributed by atoms with E-state index in [0.29, 0.717) is 18.8 Å². The van der Waals surface area contributed by atoms with Crippen molar-refractivity contribution in [2.75, 3.05) is 27.2 Å². The molecule has 0 unspecified atom stereocenters. The fourth-order valence-corrected chi connectivity index (χ4v) is 2.34. The molecule has 96 valence electrons. The number of hydrogen-bond donors (Lipinski definition) is 1. The van der Waals surface area contributed by atoms with Crippen molar-refractivity contribution < 1.29 is 4.79 Å². The van der Waals surface area contributed by atoms with Crippen LogP contribution in [0.3, 0.4) is 0 Å². The number of nitrogens with zero attached hydrogens (tertiary/aromatic N) is 2. The van der Waals surface area contributed by atoms with Crippen LogP contribution in [0.5, 0.6) is 0 Å². The summed E-state index contributed by atoms with van der Waals surface area (Å²) in [6.07, 6.45) is 1.31. The minimum Gasteiger partial charge on any atom is -0.356 e. The van der Waals surface area contributed by atoms with Gasteiger partial charge in [-0.25, -0.2) is 4.98 Å². The van der Waals surface area contributed by atoms with Gasteiger partial charge in [0.25, 0.3) is 0 Å². The highest BCUT2D eigenvalue weighted by Gasteiger charge is 2.07. The lowest BCUT2D eigenvalue weighted by Gasteiger charge is -2.09. The SMILES string of the molecule is CN(C)CCCNC(=O)Cc1nc(CCl)cs1. The molecule has 1 heterocycles. The van der Waals surface area contributed by atoms with Crippen molar-refractivity contribution in [2.24, 2.45) is 0 Å². The molecule has 0 bridgehead atoms. The molecule has 17 heavy (non-hydrogen) atoms. The monoisotopic (exact) mass is 275 g/mol. The lowest BCUT2D eigenvalue weighted by atomic mass is 10.3. The van der Waals surface area contributed by atoms with Crippen molar-refractivity contribution in [3.05, 3.63) is 16.1 Å². The second kappa shape index (κ2) is 7.63. The number of amides is 1. The van der Waals surface area contributed by atoms with E-state index < -0.39 is 0 Å². The van der Waals surface area contributed by atoms with Gasteiger partial charge in [0.05, 0.1) is 18.0 Å². The van der Waals surface area contributed by atoms with Crippen LogP contribution in [-0.2, 0) is 17.1 Å². The Morgan fingerprint density at radius 3 is 2.94 bits per heavy atom. The summed E-state index contributed by atoms with van der Waals surface area (Å²) in [6.45, 7) is 1.69. The van der Waals surface area contributed by atoms with Crippen LogP contribution in [0.1, 0.15) is 17.1 Å². The van der Waals surface area contributed by atoms with Crippen LogP contribution >= 0.6 is 22.9 Å². The van der Waals surface area contributed by atoms with E-state index in [1.165, 1.54) is 11.3 Å². The van der Waals surface area contributed by atoms with Gasteiger partial charge in [0.1, 0.15) is 5.01 Å². The first kappa shape index (κ1) is 14.4. The largest absolute Gasteiger partial charge is 0.356 e. The molecule has 6 heteroatoms. The highest BCUT2D eigenvalue weighted by Crippen LogP contribution is 2.11. The lowest BCUT2D eigenvalue weighted by Crippen LogP contribution is -2.28. The fourth-order valence-electron chi connectivity index (χ4n) is 1.31. The van der Waals surface area contributed by atoms with Crippen LogP contribution < -0.4 is 5.32 Å². The van der Waals surface area contributed by atoms with E-state index in [1.807, 2.05) is 19.5 Å². The van der Waals surface area contributed by atoms with Crippen molar-refractivity contribution in [1.82, 2.24) is 15.2 Å². The Hall–Kier alpha value is -0.650. The van der Waals surface area contributed by atoms with Gasteiger partial charge in [0, 0.05) is 11.9 Å². The predicted octanol–water partition coefficient (Wildman–Crippen LogP) is 1.49. The maximum Gasteiger partial charge on any atom is 0.226 e. The molecule has 0 spiro atoms. The molecule has 4 nitrogen and oxygen atoms in total. The number of thiazole rings is 1. The van der Waals surface area contributed by atoms with Gasteiger partial charge in [-0.3, -0.25) is 4.79 Å². The molecule has 0 aliphatic rings. The predicted molar refractivity (Wildman–Crippen MR) is 71.6 cm³/mol. The molecule has 0 saturated carbocycles. The first-order valence-corrected chi connectivity index (χ1v) is 6.94. The Morgan fingerprint density at radius 2 is 2.35 bits per heavy atom. The Kier molecular flexibility index (Phi) is 6.47. The average Bonchev–Trinajstić information content (AvgIpc) is 2.72. The van der Waals surface area contributed by atoms with Crippen LogP contribution in [0.25, 0.3) is 0 Å². The smallest absolute Gasteiger partial charge is 0.226 e. The summed E-state index contributed by atoms with van der Waals surface area (Å²) in [6, 6.07) is 0. The molecule has 1 aromatic heterocycles. The van der Waals surface area contributed by atoms with Crippen LogP contribution in [-0.4, -0.2) is 43.0 Å². The maximum absolute atomic E-state index is 11.6. The van der Waals surface area contributed by atoms with E-state index in [2.05, 4.69) is 15.2 Å². The van der Waals surface area contributed by atoms with Crippen molar-refractivity contribution in [3.63, 3.8) is 0 Å². The second-order valence-corrected chi connectivity index (χ2v) is 5.26. The third kappa shape index (κ3) is 6.00. The Bertz CT molecular complexity index is 354.